The van der Waals surface area contributed by atoms with E-state index in [0.29, 0.717) is 16.6 Å². The summed E-state index contributed by atoms with van der Waals surface area (Å²) in [6.07, 6.45) is 4.76. The number of aromatic amines is 1. The van der Waals surface area contributed by atoms with Crippen LogP contribution in [0.1, 0.15) is 32.7 Å². The second kappa shape index (κ2) is 7.38. The van der Waals surface area contributed by atoms with Crippen LogP contribution in [0.15, 0.2) is 59.9 Å². The van der Waals surface area contributed by atoms with Gasteiger partial charge in [0.25, 0.3) is 10.0 Å². The van der Waals surface area contributed by atoms with Crippen LogP contribution < -0.4 is 4.72 Å². The molecule has 0 aliphatic carbocycles. The van der Waals surface area contributed by atoms with Crippen molar-refractivity contribution in [1.82, 2.24) is 15.0 Å². The molecule has 0 radical (unpaired) electrons. The zero-order valence-electron chi connectivity index (χ0n) is 16.7. The molecule has 0 spiro atoms. The predicted octanol–water partition coefficient (Wildman–Crippen LogP) is 3.91. The number of pyridine rings is 2. The van der Waals surface area contributed by atoms with Crippen molar-refractivity contribution >= 4 is 32.5 Å². The zero-order valence-corrected chi connectivity index (χ0v) is 17.5. The minimum atomic E-state index is -3.90. The standard InChI is InChI=1S/C22H20N4O3S/c1-13-10-19(26-30(28,29)16-5-4-14(2)15(3)11-16)20(25-12-13)21(27)17-6-8-23-22-18(17)7-9-24-22/h4-12,26H,1-3H3,(H,23,24). The van der Waals surface area contributed by atoms with Gasteiger partial charge in [0, 0.05) is 29.5 Å². The normalized spacial score (nSPS) is 11.6. The Hall–Kier alpha value is -3.52. The van der Waals surface area contributed by atoms with Crippen molar-refractivity contribution in [3.8, 4) is 0 Å². The minimum absolute atomic E-state index is 0.0294. The van der Waals surface area contributed by atoms with E-state index in [0.717, 1.165) is 16.7 Å². The Labute approximate surface area is 174 Å². The smallest absolute Gasteiger partial charge is 0.261 e. The summed E-state index contributed by atoms with van der Waals surface area (Å²) in [6, 6.07) is 9.86. The van der Waals surface area contributed by atoms with Crippen molar-refractivity contribution in [3.63, 3.8) is 0 Å². The summed E-state index contributed by atoms with van der Waals surface area (Å²) in [4.78, 5) is 24.8. The Morgan fingerprint density at radius 2 is 1.80 bits per heavy atom. The second-order valence-corrected chi connectivity index (χ2v) is 8.87. The number of hydrogen-bond donors (Lipinski definition) is 2. The predicted molar refractivity (Wildman–Crippen MR) is 115 cm³/mol. The maximum absolute atomic E-state index is 13.3. The van der Waals surface area contributed by atoms with Gasteiger partial charge in [-0.2, -0.15) is 0 Å². The quantitative estimate of drug-likeness (QED) is 0.476. The Morgan fingerprint density at radius 1 is 1.00 bits per heavy atom. The molecule has 0 bridgehead atoms. The molecular weight excluding hydrogens is 400 g/mol. The molecule has 1 aromatic carbocycles. The van der Waals surface area contributed by atoms with Crippen LogP contribution in [0, 0.1) is 20.8 Å². The lowest BCUT2D eigenvalue weighted by Crippen LogP contribution is -2.17. The topological polar surface area (TPSA) is 105 Å². The average Bonchev–Trinajstić information content (AvgIpc) is 3.18. The molecule has 0 aliphatic heterocycles. The molecule has 0 saturated carbocycles. The number of anilines is 1. The Balaban J connectivity index is 1.78. The number of carbonyl (C=O) groups excluding carboxylic acids is 1. The third-order valence-corrected chi connectivity index (χ3v) is 6.34. The third-order valence-electron chi connectivity index (χ3n) is 4.98. The first-order valence-electron chi connectivity index (χ1n) is 9.30. The first kappa shape index (κ1) is 19.8. The van der Waals surface area contributed by atoms with E-state index in [4.69, 9.17) is 0 Å². The number of fused-ring (bicyclic) bond motifs is 1. The SMILES string of the molecule is Cc1cnc(C(=O)c2ccnc3[nH]ccc23)c(NS(=O)(=O)c2ccc(C)c(C)c2)c1. The fourth-order valence-corrected chi connectivity index (χ4v) is 4.34. The van der Waals surface area contributed by atoms with E-state index >= 15 is 0 Å². The van der Waals surface area contributed by atoms with Gasteiger partial charge in [0.15, 0.2) is 0 Å². The summed E-state index contributed by atoms with van der Waals surface area (Å²) in [5.74, 6) is -0.389. The molecule has 0 aliphatic rings. The highest BCUT2D eigenvalue weighted by atomic mass is 32.2. The van der Waals surface area contributed by atoms with Crippen LogP contribution in [-0.2, 0) is 10.0 Å². The van der Waals surface area contributed by atoms with Gasteiger partial charge in [0.2, 0.25) is 5.78 Å². The zero-order chi connectivity index (χ0) is 21.5. The molecule has 2 N–H and O–H groups in total. The number of nitrogens with zero attached hydrogens (tertiary/aromatic N) is 2. The fraction of sp³-hybridized carbons (Fsp3) is 0.136. The fourth-order valence-electron chi connectivity index (χ4n) is 3.20. The summed E-state index contributed by atoms with van der Waals surface area (Å²) in [6.45, 7) is 5.55. The first-order valence-corrected chi connectivity index (χ1v) is 10.8. The van der Waals surface area contributed by atoms with Crippen LogP contribution in [0.4, 0.5) is 5.69 Å². The number of carbonyl (C=O) groups is 1. The van der Waals surface area contributed by atoms with Gasteiger partial charge in [-0.3, -0.25) is 14.5 Å². The van der Waals surface area contributed by atoms with Crippen molar-refractivity contribution < 1.29 is 13.2 Å². The van der Waals surface area contributed by atoms with E-state index in [2.05, 4.69) is 19.7 Å². The summed E-state index contributed by atoms with van der Waals surface area (Å²) >= 11 is 0. The van der Waals surface area contributed by atoms with Gasteiger partial charge >= 0.3 is 0 Å². The molecule has 152 valence electrons. The van der Waals surface area contributed by atoms with E-state index in [1.807, 2.05) is 13.8 Å². The maximum Gasteiger partial charge on any atom is 0.261 e. The van der Waals surface area contributed by atoms with Gasteiger partial charge < -0.3 is 4.98 Å². The summed E-state index contributed by atoms with van der Waals surface area (Å²) < 4.78 is 28.5. The molecule has 0 amide bonds. The van der Waals surface area contributed by atoms with Gasteiger partial charge in [-0.1, -0.05) is 6.07 Å². The lowest BCUT2D eigenvalue weighted by Gasteiger charge is -2.13. The van der Waals surface area contributed by atoms with E-state index in [9.17, 15) is 13.2 Å². The molecule has 0 fully saturated rings. The average molecular weight is 420 g/mol. The molecule has 0 atom stereocenters. The van der Waals surface area contributed by atoms with Gasteiger partial charge in [0.05, 0.1) is 10.6 Å². The number of H-pyrrole nitrogens is 1. The van der Waals surface area contributed by atoms with Crippen LogP contribution in [0.5, 0.6) is 0 Å². The lowest BCUT2D eigenvalue weighted by atomic mass is 10.0. The van der Waals surface area contributed by atoms with Gasteiger partial charge in [-0.15, -0.1) is 0 Å². The van der Waals surface area contributed by atoms with Crippen LogP contribution >= 0.6 is 0 Å². The van der Waals surface area contributed by atoms with E-state index in [1.165, 1.54) is 12.4 Å². The highest BCUT2D eigenvalue weighted by Crippen LogP contribution is 2.25. The first-order chi connectivity index (χ1) is 14.3. The highest BCUT2D eigenvalue weighted by Gasteiger charge is 2.23. The van der Waals surface area contributed by atoms with Crippen molar-refractivity contribution in [3.05, 3.63) is 82.9 Å². The van der Waals surface area contributed by atoms with Crippen molar-refractivity contribution in [2.24, 2.45) is 0 Å². The molecule has 30 heavy (non-hydrogen) atoms. The highest BCUT2D eigenvalue weighted by molar-refractivity contribution is 7.92. The number of rotatable bonds is 5. The molecule has 0 saturated heterocycles. The molecule has 3 heterocycles. The molecule has 3 aromatic heterocycles. The van der Waals surface area contributed by atoms with E-state index in [1.54, 1.807) is 49.5 Å². The molecule has 0 unspecified atom stereocenters. The Kier molecular flexibility index (Phi) is 4.87. The third kappa shape index (κ3) is 3.57. The largest absolute Gasteiger partial charge is 0.346 e. The Bertz CT molecular complexity index is 1390. The van der Waals surface area contributed by atoms with Crippen molar-refractivity contribution in [1.29, 1.82) is 0 Å². The number of nitrogens with one attached hydrogen (secondary N) is 2. The summed E-state index contributed by atoms with van der Waals surface area (Å²) in [5.41, 5.74) is 3.72. The van der Waals surface area contributed by atoms with E-state index in [-0.39, 0.29) is 22.1 Å². The molecule has 8 heteroatoms. The Morgan fingerprint density at radius 3 is 2.57 bits per heavy atom. The van der Waals surface area contributed by atoms with Crippen LogP contribution in [-0.4, -0.2) is 29.2 Å². The van der Waals surface area contributed by atoms with Crippen LogP contribution in [0.3, 0.4) is 0 Å². The molecule has 4 aromatic rings. The van der Waals surface area contributed by atoms with E-state index < -0.39 is 10.0 Å². The minimum Gasteiger partial charge on any atom is -0.346 e. The van der Waals surface area contributed by atoms with Crippen LogP contribution in [0.2, 0.25) is 0 Å². The summed E-state index contributed by atoms with van der Waals surface area (Å²) in [7, 11) is -3.90. The number of aryl methyl sites for hydroxylation is 3. The number of hydrogen-bond acceptors (Lipinski definition) is 5. The monoisotopic (exact) mass is 420 g/mol. The number of ketones is 1. The second-order valence-electron chi connectivity index (χ2n) is 7.19. The van der Waals surface area contributed by atoms with Crippen LogP contribution in [0.25, 0.3) is 11.0 Å². The molecular formula is C22H20N4O3S. The lowest BCUT2D eigenvalue weighted by molar-refractivity contribution is 0.103. The number of benzene rings is 1. The van der Waals surface area contributed by atoms with Crippen molar-refractivity contribution in [2.45, 2.75) is 25.7 Å². The maximum atomic E-state index is 13.3. The van der Waals surface area contributed by atoms with Crippen molar-refractivity contribution in [2.75, 3.05) is 4.72 Å². The molecule has 4 rings (SSSR count). The van der Waals surface area contributed by atoms with Gasteiger partial charge in [-0.25, -0.2) is 13.4 Å². The summed E-state index contributed by atoms with van der Waals surface area (Å²) in [5, 5.41) is 0.646. The van der Waals surface area contributed by atoms with Gasteiger partial charge in [-0.05, 0) is 67.8 Å². The van der Waals surface area contributed by atoms with Gasteiger partial charge in [0.1, 0.15) is 11.3 Å². The number of sulfonamides is 1. The number of aromatic nitrogens is 3. The molecule has 7 nitrogen and oxygen atoms in total.